The molecule has 0 radical (unpaired) electrons. The van der Waals surface area contributed by atoms with E-state index in [-0.39, 0.29) is 10.6 Å². The second-order valence-electron chi connectivity index (χ2n) is 3.86. The maximum atomic E-state index is 13.4. The third-order valence-corrected chi connectivity index (χ3v) is 3.06. The van der Waals surface area contributed by atoms with Crippen molar-refractivity contribution in [2.75, 3.05) is 5.32 Å². The van der Waals surface area contributed by atoms with Gasteiger partial charge >= 0.3 is 0 Å². The van der Waals surface area contributed by atoms with Crippen molar-refractivity contribution < 1.29 is 18.0 Å². The average molecular weight is 318 g/mol. The molecule has 0 atom stereocenters. The maximum Gasteiger partial charge on any atom is 0.257 e. The molecule has 2 rings (SSSR count). The van der Waals surface area contributed by atoms with Crippen molar-refractivity contribution >= 4 is 35.8 Å². The van der Waals surface area contributed by atoms with E-state index in [4.69, 9.17) is 11.6 Å². The Kier molecular flexibility index (Phi) is 4.25. The van der Waals surface area contributed by atoms with Crippen molar-refractivity contribution in [3.63, 3.8) is 0 Å². The highest BCUT2D eigenvalue weighted by Crippen LogP contribution is 2.23. The van der Waals surface area contributed by atoms with Crippen LogP contribution in [0.15, 0.2) is 35.2 Å². The predicted molar refractivity (Wildman–Crippen MR) is 73.0 cm³/mol. The number of hydrogen-bond acceptors (Lipinski definition) is 2. The first-order valence-electron chi connectivity index (χ1n) is 5.33. The summed E-state index contributed by atoms with van der Waals surface area (Å²) in [5.74, 6) is -4.45. The third-order valence-electron chi connectivity index (χ3n) is 2.45. The van der Waals surface area contributed by atoms with Gasteiger partial charge in [-0.2, -0.15) is 0 Å². The van der Waals surface area contributed by atoms with E-state index in [0.717, 1.165) is 0 Å². The summed E-state index contributed by atoms with van der Waals surface area (Å²) in [6, 6.07) is 5.29. The molecule has 2 aromatic rings. The van der Waals surface area contributed by atoms with Crippen LogP contribution >= 0.6 is 24.2 Å². The second-order valence-corrected chi connectivity index (χ2v) is 4.79. The standard InChI is InChI=1S/C13H7ClF3NOS/c14-8-2-1-6(20)3-7(8)13(19)18-12-5-10(16)9(15)4-11(12)17/h1-5,20H,(H,18,19). The first-order chi connectivity index (χ1) is 9.38. The van der Waals surface area contributed by atoms with E-state index >= 15 is 0 Å². The van der Waals surface area contributed by atoms with Crippen molar-refractivity contribution in [2.45, 2.75) is 4.90 Å². The van der Waals surface area contributed by atoms with E-state index in [1.165, 1.54) is 12.1 Å². The molecule has 1 amide bonds. The Balaban J connectivity index is 2.32. The summed E-state index contributed by atoms with van der Waals surface area (Å²) in [6.07, 6.45) is 0. The number of amides is 1. The minimum absolute atomic E-state index is 0.0447. The summed E-state index contributed by atoms with van der Waals surface area (Å²) in [6.45, 7) is 0. The van der Waals surface area contributed by atoms with Gasteiger partial charge in [-0.3, -0.25) is 4.79 Å². The summed E-state index contributed by atoms with van der Waals surface area (Å²) < 4.78 is 39.2. The molecule has 0 saturated carbocycles. The Hall–Kier alpha value is -1.66. The average Bonchev–Trinajstić information content (AvgIpc) is 2.38. The molecule has 20 heavy (non-hydrogen) atoms. The van der Waals surface area contributed by atoms with E-state index in [9.17, 15) is 18.0 Å². The zero-order valence-electron chi connectivity index (χ0n) is 9.75. The summed E-state index contributed by atoms with van der Waals surface area (Å²) in [5, 5.41) is 2.25. The Morgan fingerprint density at radius 1 is 1.05 bits per heavy atom. The number of benzene rings is 2. The lowest BCUT2D eigenvalue weighted by molar-refractivity contribution is 0.102. The Morgan fingerprint density at radius 2 is 1.70 bits per heavy atom. The summed E-state index contributed by atoms with van der Waals surface area (Å²) >= 11 is 9.88. The first-order valence-corrected chi connectivity index (χ1v) is 6.15. The lowest BCUT2D eigenvalue weighted by Crippen LogP contribution is -2.14. The van der Waals surface area contributed by atoms with E-state index in [0.29, 0.717) is 17.0 Å². The van der Waals surface area contributed by atoms with Gasteiger partial charge in [0.25, 0.3) is 5.91 Å². The SMILES string of the molecule is O=C(Nc1cc(F)c(F)cc1F)c1cc(S)ccc1Cl. The molecule has 7 heteroatoms. The number of carbonyl (C=O) groups is 1. The van der Waals surface area contributed by atoms with Gasteiger partial charge in [-0.25, -0.2) is 13.2 Å². The van der Waals surface area contributed by atoms with Gasteiger partial charge < -0.3 is 5.32 Å². The van der Waals surface area contributed by atoms with Crippen molar-refractivity contribution in [3.8, 4) is 0 Å². The Bertz CT molecular complexity index is 694. The fourth-order valence-corrected chi connectivity index (χ4v) is 1.90. The van der Waals surface area contributed by atoms with Crippen LogP contribution in [0.4, 0.5) is 18.9 Å². The Labute approximate surface area is 123 Å². The molecule has 104 valence electrons. The molecule has 0 saturated heterocycles. The number of rotatable bonds is 2. The lowest BCUT2D eigenvalue weighted by atomic mass is 10.2. The molecule has 0 aliphatic heterocycles. The van der Waals surface area contributed by atoms with Gasteiger partial charge in [0, 0.05) is 17.0 Å². The molecule has 0 aliphatic rings. The molecule has 0 aliphatic carbocycles. The van der Waals surface area contributed by atoms with Crippen molar-refractivity contribution in [2.24, 2.45) is 0 Å². The topological polar surface area (TPSA) is 29.1 Å². The highest BCUT2D eigenvalue weighted by Gasteiger charge is 2.15. The highest BCUT2D eigenvalue weighted by molar-refractivity contribution is 7.80. The van der Waals surface area contributed by atoms with Crippen LogP contribution in [-0.4, -0.2) is 5.91 Å². The normalized spacial score (nSPS) is 10.4. The van der Waals surface area contributed by atoms with Gasteiger partial charge in [0.15, 0.2) is 11.6 Å². The smallest absolute Gasteiger partial charge is 0.257 e. The summed E-state index contributed by atoms with van der Waals surface area (Å²) in [4.78, 5) is 12.4. The molecular weight excluding hydrogens is 311 g/mol. The Morgan fingerprint density at radius 3 is 2.40 bits per heavy atom. The molecular formula is C13H7ClF3NOS. The van der Waals surface area contributed by atoms with Crippen molar-refractivity contribution in [1.29, 1.82) is 0 Å². The first kappa shape index (κ1) is 14.7. The molecule has 0 spiro atoms. The summed E-state index contributed by atoms with van der Waals surface area (Å²) in [5.41, 5.74) is -0.433. The molecule has 0 fully saturated rings. The van der Waals surface area contributed by atoms with Crippen LogP contribution in [-0.2, 0) is 0 Å². The largest absolute Gasteiger partial charge is 0.319 e. The van der Waals surface area contributed by atoms with Gasteiger partial charge in [0.05, 0.1) is 16.3 Å². The monoisotopic (exact) mass is 317 g/mol. The van der Waals surface area contributed by atoms with E-state index in [2.05, 4.69) is 17.9 Å². The lowest BCUT2D eigenvalue weighted by Gasteiger charge is -2.08. The predicted octanol–water partition coefficient (Wildman–Crippen LogP) is 4.30. The van der Waals surface area contributed by atoms with Crippen LogP contribution in [0.2, 0.25) is 5.02 Å². The molecule has 2 nitrogen and oxygen atoms in total. The maximum absolute atomic E-state index is 13.4. The molecule has 1 N–H and O–H groups in total. The zero-order chi connectivity index (χ0) is 14.9. The van der Waals surface area contributed by atoms with Gasteiger partial charge in [-0.1, -0.05) is 11.6 Å². The second kappa shape index (κ2) is 5.76. The fraction of sp³-hybridized carbons (Fsp3) is 0. The third kappa shape index (κ3) is 3.08. The number of anilines is 1. The van der Waals surface area contributed by atoms with Crippen LogP contribution in [0.1, 0.15) is 10.4 Å². The molecule has 0 aromatic heterocycles. The van der Waals surface area contributed by atoms with E-state index in [1.54, 1.807) is 6.07 Å². The number of halogens is 4. The van der Waals surface area contributed by atoms with Crippen LogP contribution in [0.5, 0.6) is 0 Å². The van der Waals surface area contributed by atoms with Gasteiger partial charge in [-0.15, -0.1) is 12.6 Å². The zero-order valence-corrected chi connectivity index (χ0v) is 11.4. The van der Waals surface area contributed by atoms with Gasteiger partial charge in [0.2, 0.25) is 0 Å². The van der Waals surface area contributed by atoms with E-state index < -0.39 is 29.0 Å². The minimum atomic E-state index is -1.34. The minimum Gasteiger partial charge on any atom is -0.319 e. The molecule has 0 bridgehead atoms. The summed E-state index contributed by atoms with van der Waals surface area (Å²) in [7, 11) is 0. The van der Waals surface area contributed by atoms with Crippen LogP contribution in [0.3, 0.4) is 0 Å². The quantitative estimate of drug-likeness (QED) is 0.627. The highest BCUT2D eigenvalue weighted by atomic mass is 35.5. The molecule has 0 heterocycles. The van der Waals surface area contributed by atoms with Crippen molar-refractivity contribution in [3.05, 3.63) is 58.4 Å². The van der Waals surface area contributed by atoms with Crippen LogP contribution in [0.25, 0.3) is 0 Å². The van der Waals surface area contributed by atoms with Crippen molar-refractivity contribution in [1.82, 2.24) is 0 Å². The number of hydrogen-bond donors (Lipinski definition) is 2. The van der Waals surface area contributed by atoms with E-state index in [1.807, 2.05) is 0 Å². The fourth-order valence-electron chi connectivity index (χ4n) is 1.50. The number of carbonyl (C=O) groups excluding carboxylic acids is 1. The van der Waals surface area contributed by atoms with Gasteiger partial charge in [0.1, 0.15) is 5.82 Å². The number of thiol groups is 1. The molecule has 2 aromatic carbocycles. The van der Waals surface area contributed by atoms with Crippen LogP contribution in [0, 0.1) is 17.5 Å². The van der Waals surface area contributed by atoms with Gasteiger partial charge in [-0.05, 0) is 18.2 Å². The van der Waals surface area contributed by atoms with Crippen LogP contribution < -0.4 is 5.32 Å². The molecule has 0 unspecified atom stereocenters. The number of nitrogens with one attached hydrogen (secondary N) is 1.